The molecule has 0 radical (unpaired) electrons. The minimum Gasteiger partial charge on any atom is -0.435 e. The predicted octanol–water partition coefficient (Wildman–Crippen LogP) is 1.85. The molecule has 3 rings (SSSR count). The number of benzene rings is 1. The maximum atomic E-state index is 12.7. The van der Waals surface area contributed by atoms with Gasteiger partial charge in [0.15, 0.2) is 0 Å². The Morgan fingerprint density at radius 2 is 1.91 bits per heavy atom. The van der Waals surface area contributed by atoms with Crippen LogP contribution in [0.25, 0.3) is 0 Å². The number of piperidine rings is 1. The van der Waals surface area contributed by atoms with E-state index in [2.05, 4.69) is 4.74 Å². The van der Waals surface area contributed by atoms with Crippen molar-refractivity contribution in [3.63, 3.8) is 0 Å². The summed E-state index contributed by atoms with van der Waals surface area (Å²) in [5, 5.41) is 9.66. The molecule has 0 saturated carbocycles. The first-order valence-electron chi connectivity index (χ1n) is 7.83. The standard InChI is InChI=1S/C16H20F2N2O3/c17-16(18)23-13-5-3-11(4-6-13)20-8-1-2-14(15(20)22)19-9-7-12(21)10-19/h3-6,12,14,16,21H,1-2,7-10H2/t12-,14?/m1/s1. The number of alkyl halides is 2. The van der Waals surface area contributed by atoms with Crippen molar-refractivity contribution in [2.75, 3.05) is 24.5 Å². The van der Waals surface area contributed by atoms with E-state index in [1.54, 1.807) is 17.0 Å². The van der Waals surface area contributed by atoms with Gasteiger partial charge in [-0.15, -0.1) is 0 Å². The number of nitrogens with zero attached hydrogens (tertiary/aromatic N) is 2. The molecule has 2 aliphatic heterocycles. The molecule has 5 nitrogen and oxygen atoms in total. The number of hydrogen-bond donors (Lipinski definition) is 1. The fourth-order valence-electron chi connectivity index (χ4n) is 3.31. The summed E-state index contributed by atoms with van der Waals surface area (Å²) in [4.78, 5) is 16.5. The molecule has 2 aliphatic rings. The van der Waals surface area contributed by atoms with Gasteiger partial charge in [-0.05, 0) is 43.5 Å². The van der Waals surface area contributed by atoms with Crippen molar-refractivity contribution in [1.82, 2.24) is 4.90 Å². The molecule has 7 heteroatoms. The monoisotopic (exact) mass is 326 g/mol. The van der Waals surface area contributed by atoms with Gasteiger partial charge in [0.05, 0.1) is 12.1 Å². The van der Waals surface area contributed by atoms with Crippen LogP contribution in [0.4, 0.5) is 14.5 Å². The summed E-state index contributed by atoms with van der Waals surface area (Å²) in [5.41, 5.74) is 0.682. The Morgan fingerprint density at radius 3 is 2.52 bits per heavy atom. The minimum atomic E-state index is -2.86. The van der Waals surface area contributed by atoms with Crippen LogP contribution in [0.3, 0.4) is 0 Å². The van der Waals surface area contributed by atoms with E-state index in [4.69, 9.17) is 0 Å². The van der Waals surface area contributed by atoms with Crippen LogP contribution in [-0.2, 0) is 4.79 Å². The first-order valence-corrected chi connectivity index (χ1v) is 7.83. The predicted molar refractivity (Wildman–Crippen MR) is 80.6 cm³/mol. The highest BCUT2D eigenvalue weighted by atomic mass is 19.3. The number of ether oxygens (including phenoxy) is 1. The number of likely N-dealkylation sites (tertiary alicyclic amines) is 1. The zero-order valence-electron chi connectivity index (χ0n) is 12.7. The van der Waals surface area contributed by atoms with E-state index in [0.717, 1.165) is 19.4 Å². The number of rotatable bonds is 4. The number of carbonyl (C=O) groups excluding carboxylic acids is 1. The second kappa shape index (κ2) is 6.80. The molecule has 1 unspecified atom stereocenters. The van der Waals surface area contributed by atoms with Gasteiger partial charge in [0, 0.05) is 25.3 Å². The van der Waals surface area contributed by atoms with Crippen LogP contribution in [0.1, 0.15) is 19.3 Å². The maximum Gasteiger partial charge on any atom is 0.387 e. The molecular weight excluding hydrogens is 306 g/mol. The minimum absolute atomic E-state index is 0.00729. The average Bonchev–Trinajstić information content (AvgIpc) is 2.94. The van der Waals surface area contributed by atoms with Gasteiger partial charge in [0.1, 0.15) is 5.75 Å². The lowest BCUT2D eigenvalue weighted by Crippen LogP contribution is -2.52. The Bertz CT molecular complexity index is 553. The summed E-state index contributed by atoms with van der Waals surface area (Å²) in [6, 6.07) is 5.92. The number of anilines is 1. The molecule has 2 atom stereocenters. The lowest BCUT2D eigenvalue weighted by Gasteiger charge is -2.36. The Balaban J connectivity index is 1.70. The van der Waals surface area contributed by atoms with Crippen LogP contribution < -0.4 is 9.64 Å². The highest BCUT2D eigenvalue weighted by Crippen LogP contribution is 2.27. The summed E-state index contributed by atoms with van der Waals surface area (Å²) < 4.78 is 28.7. The van der Waals surface area contributed by atoms with E-state index >= 15 is 0 Å². The number of aliphatic hydroxyl groups is 1. The van der Waals surface area contributed by atoms with Crippen LogP contribution in [0.2, 0.25) is 0 Å². The maximum absolute atomic E-state index is 12.7. The van der Waals surface area contributed by atoms with Crippen molar-refractivity contribution in [1.29, 1.82) is 0 Å². The van der Waals surface area contributed by atoms with E-state index in [-0.39, 0.29) is 23.8 Å². The van der Waals surface area contributed by atoms with Crippen LogP contribution in [-0.4, -0.2) is 54.3 Å². The highest BCUT2D eigenvalue weighted by Gasteiger charge is 2.36. The smallest absolute Gasteiger partial charge is 0.387 e. The second-order valence-electron chi connectivity index (χ2n) is 5.96. The molecule has 23 heavy (non-hydrogen) atoms. The van der Waals surface area contributed by atoms with Crippen LogP contribution >= 0.6 is 0 Å². The van der Waals surface area contributed by atoms with E-state index in [1.807, 2.05) is 4.90 Å². The van der Waals surface area contributed by atoms with Crippen molar-refractivity contribution in [2.45, 2.75) is 38.0 Å². The number of halogens is 2. The van der Waals surface area contributed by atoms with Crippen LogP contribution in [0, 0.1) is 0 Å². The molecule has 0 aromatic heterocycles. The zero-order chi connectivity index (χ0) is 16.4. The third-order valence-electron chi connectivity index (χ3n) is 4.42. The number of aliphatic hydroxyl groups excluding tert-OH is 1. The van der Waals surface area contributed by atoms with Gasteiger partial charge in [-0.2, -0.15) is 8.78 Å². The Labute approximate surface area is 133 Å². The first kappa shape index (κ1) is 16.1. The third-order valence-corrected chi connectivity index (χ3v) is 4.42. The van der Waals surface area contributed by atoms with Gasteiger partial charge in [-0.1, -0.05) is 0 Å². The molecule has 0 bridgehead atoms. The summed E-state index contributed by atoms with van der Waals surface area (Å²) in [7, 11) is 0. The molecule has 1 aromatic rings. The van der Waals surface area contributed by atoms with Gasteiger partial charge in [-0.25, -0.2) is 0 Å². The third kappa shape index (κ3) is 3.61. The molecule has 0 aliphatic carbocycles. The SMILES string of the molecule is O=C1C(N2CC[C@@H](O)C2)CCCN1c1ccc(OC(F)F)cc1. The van der Waals surface area contributed by atoms with E-state index in [0.29, 0.717) is 25.2 Å². The number of amides is 1. The molecule has 2 heterocycles. The fraction of sp³-hybridized carbons (Fsp3) is 0.562. The summed E-state index contributed by atoms with van der Waals surface area (Å²) >= 11 is 0. The zero-order valence-corrected chi connectivity index (χ0v) is 12.7. The van der Waals surface area contributed by atoms with Crippen molar-refractivity contribution in [3.05, 3.63) is 24.3 Å². The van der Waals surface area contributed by atoms with Gasteiger partial charge in [0.25, 0.3) is 0 Å². The molecule has 2 saturated heterocycles. The molecule has 2 fully saturated rings. The van der Waals surface area contributed by atoms with Gasteiger partial charge in [0.2, 0.25) is 5.91 Å². The van der Waals surface area contributed by atoms with Crippen LogP contribution in [0.15, 0.2) is 24.3 Å². The number of carbonyl (C=O) groups is 1. The molecule has 126 valence electrons. The topological polar surface area (TPSA) is 53.0 Å². The molecular formula is C16H20F2N2O3. The second-order valence-corrected chi connectivity index (χ2v) is 5.96. The van der Waals surface area contributed by atoms with E-state index in [9.17, 15) is 18.7 Å². The Kier molecular flexibility index (Phi) is 4.77. The Hall–Kier alpha value is -1.73. The lowest BCUT2D eigenvalue weighted by molar-refractivity contribution is -0.125. The first-order chi connectivity index (χ1) is 11.0. The van der Waals surface area contributed by atoms with Gasteiger partial charge < -0.3 is 14.7 Å². The lowest BCUT2D eigenvalue weighted by atomic mass is 10.0. The largest absolute Gasteiger partial charge is 0.435 e. The van der Waals surface area contributed by atoms with Gasteiger partial charge in [-0.3, -0.25) is 9.69 Å². The normalized spacial score (nSPS) is 26.1. The summed E-state index contributed by atoms with van der Waals surface area (Å²) in [6.07, 6.45) is 2.00. The van der Waals surface area contributed by atoms with E-state index in [1.165, 1.54) is 12.1 Å². The summed E-state index contributed by atoms with van der Waals surface area (Å²) in [6.45, 7) is -0.984. The quantitative estimate of drug-likeness (QED) is 0.917. The van der Waals surface area contributed by atoms with Crippen molar-refractivity contribution < 1.29 is 23.4 Å². The molecule has 1 aromatic carbocycles. The average molecular weight is 326 g/mol. The van der Waals surface area contributed by atoms with Crippen molar-refractivity contribution in [3.8, 4) is 5.75 Å². The molecule has 0 spiro atoms. The van der Waals surface area contributed by atoms with Crippen LogP contribution in [0.5, 0.6) is 5.75 Å². The Morgan fingerprint density at radius 1 is 1.17 bits per heavy atom. The number of β-amino-alcohol motifs (C(OH)–C–C–N with tert-alkyl or cyclic N) is 1. The molecule has 1 N–H and O–H groups in total. The summed E-state index contributed by atoms with van der Waals surface area (Å²) in [5.74, 6) is 0.0836. The fourth-order valence-corrected chi connectivity index (χ4v) is 3.31. The van der Waals surface area contributed by atoms with Crippen molar-refractivity contribution in [2.24, 2.45) is 0 Å². The highest BCUT2D eigenvalue weighted by molar-refractivity contribution is 5.98. The van der Waals surface area contributed by atoms with E-state index < -0.39 is 6.61 Å². The van der Waals surface area contributed by atoms with Gasteiger partial charge >= 0.3 is 6.61 Å². The van der Waals surface area contributed by atoms with Crippen molar-refractivity contribution >= 4 is 11.6 Å². The number of hydrogen-bond acceptors (Lipinski definition) is 4. The molecule has 1 amide bonds.